The largest absolute Gasteiger partial charge is 0.453 e. The molecule has 0 bridgehead atoms. The molecular weight excluding hydrogens is 292 g/mol. The SMILES string of the molecule is COCCc1nsc(Nc2ccc(NC(=O)OC)cc2)n1. The molecule has 0 radical (unpaired) electrons. The summed E-state index contributed by atoms with van der Waals surface area (Å²) in [5, 5.41) is 6.45. The van der Waals surface area contributed by atoms with E-state index in [2.05, 4.69) is 24.7 Å². The highest BCUT2D eigenvalue weighted by atomic mass is 32.1. The first-order chi connectivity index (χ1) is 10.2. The molecule has 0 aliphatic rings. The zero-order chi connectivity index (χ0) is 15.1. The minimum Gasteiger partial charge on any atom is -0.453 e. The first-order valence-corrected chi connectivity index (χ1v) is 7.02. The van der Waals surface area contributed by atoms with E-state index in [1.165, 1.54) is 18.6 Å². The molecule has 1 aromatic carbocycles. The summed E-state index contributed by atoms with van der Waals surface area (Å²) in [6, 6.07) is 7.21. The average molecular weight is 308 g/mol. The molecule has 1 heterocycles. The van der Waals surface area contributed by atoms with Crippen molar-refractivity contribution in [3.63, 3.8) is 0 Å². The molecule has 0 atom stereocenters. The Kier molecular flexibility index (Phi) is 5.47. The highest BCUT2D eigenvalue weighted by Gasteiger charge is 2.05. The van der Waals surface area contributed by atoms with Crippen LogP contribution in [0.25, 0.3) is 0 Å². The second-order valence-electron chi connectivity index (χ2n) is 4.08. The predicted octanol–water partition coefficient (Wildman–Crippen LogP) is 2.65. The van der Waals surface area contributed by atoms with Gasteiger partial charge in [-0.2, -0.15) is 4.37 Å². The van der Waals surface area contributed by atoms with Gasteiger partial charge in [0.2, 0.25) is 5.13 Å². The van der Waals surface area contributed by atoms with Crippen molar-refractivity contribution in [3.05, 3.63) is 30.1 Å². The van der Waals surface area contributed by atoms with Gasteiger partial charge in [0.25, 0.3) is 0 Å². The van der Waals surface area contributed by atoms with Crippen LogP contribution >= 0.6 is 11.5 Å². The quantitative estimate of drug-likeness (QED) is 0.853. The fourth-order valence-corrected chi connectivity index (χ4v) is 2.16. The van der Waals surface area contributed by atoms with Crippen molar-refractivity contribution in [1.82, 2.24) is 9.36 Å². The third-order valence-corrected chi connectivity index (χ3v) is 3.23. The topological polar surface area (TPSA) is 85.4 Å². The summed E-state index contributed by atoms with van der Waals surface area (Å²) in [7, 11) is 2.97. The number of nitrogens with zero attached hydrogens (tertiary/aromatic N) is 2. The Hall–Kier alpha value is -2.19. The molecule has 7 nitrogen and oxygen atoms in total. The molecule has 2 aromatic rings. The number of aromatic nitrogens is 2. The molecule has 0 saturated carbocycles. The van der Waals surface area contributed by atoms with E-state index < -0.39 is 6.09 Å². The number of carbonyl (C=O) groups is 1. The lowest BCUT2D eigenvalue weighted by Gasteiger charge is -2.05. The van der Waals surface area contributed by atoms with E-state index in [-0.39, 0.29) is 0 Å². The van der Waals surface area contributed by atoms with Crippen LogP contribution in [0.4, 0.5) is 21.3 Å². The van der Waals surface area contributed by atoms with Gasteiger partial charge in [-0.3, -0.25) is 5.32 Å². The predicted molar refractivity (Wildman–Crippen MR) is 81.2 cm³/mol. The third-order valence-electron chi connectivity index (χ3n) is 2.57. The van der Waals surface area contributed by atoms with Crippen LogP contribution in [-0.2, 0) is 15.9 Å². The standard InChI is InChI=1S/C13H16N4O3S/c1-19-8-7-11-16-12(21-17-11)14-9-3-5-10(6-4-9)15-13(18)20-2/h3-6H,7-8H2,1-2H3,(H,15,18)(H,14,16,17). The molecule has 2 N–H and O–H groups in total. The third kappa shape index (κ3) is 4.69. The summed E-state index contributed by atoms with van der Waals surface area (Å²) < 4.78 is 13.7. The summed E-state index contributed by atoms with van der Waals surface area (Å²) >= 11 is 1.30. The molecular formula is C13H16N4O3S. The minimum absolute atomic E-state index is 0.498. The number of ether oxygens (including phenoxy) is 2. The number of amides is 1. The van der Waals surface area contributed by atoms with Gasteiger partial charge < -0.3 is 14.8 Å². The van der Waals surface area contributed by atoms with Crippen LogP contribution in [-0.4, -0.2) is 36.3 Å². The van der Waals surface area contributed by atoms with Gasteiger partial charge >= 0.3 is 6.09 Å². The van der Waals surface area contributed by atoms with E-state index >= 15 is 0 Å². The number of hydrogen-bond donors (Lipinski definition) is 2. The molecule has 21 heavy (non-hydrogen) atoms. The Morgan fingerprint density at radius 1 is 1.24 bits per heavy atom. The zero-order valence-electron chi connectivity index (χ0n) is 11.8. The molecule has 0 unspecified atom stereocenters. The van der Waals surface area contributed by atoms with Gasteiger partial charge in [0.15, 0.2) is 0 Å². The summed E-state index contributed by atoms with van der Waals surface area (Å²) in [6.07, 6.45) is 0.194. The van der Waals surface area contributed by atoms with E-state index in [9.17, 15) is 4.79 Å². The van der Waals surface area contributed by atoms with Crippen molar-refractivity contribution < 1.29 is 14.3 Å². The van der Waals surface area contributed by atoms with Crippen molar-refractivity contribution in [1.29, 1.82) is 0 Å². The second kappa shape index (κ2) is 7.55. The van der Waals surface area contributed by atoms with Crippen LogP contribution in [0.5, 0.6) is 0 Å². The number of carbonyl (C=O) groups excluding carboxylic acids is 1. The highest BCUT2D eigenvalue weighted by Crippen LogP contribution is 2.20. The Labute approximate surface area is 126 Å². The first kappa shape index (κ1) is 15.2. The first-order valence-electron chi connectivity index (χ1n) is 6.25. The number of benzene rings is 1. The molecule has 0 aliphatic heterocycles. The molecule has 2 rings (SSSR count). The van der Waals surface area contributed by atoms with Crippen LogP contribution in [0, 0.1) is 0 Å². The van der Waals surface area contributed by atoms with Gasteiger partial charge in [-0.1, -0.05) is 0 Å². The second-order valence-corrected chi connectivity index (χ2v) is 4.83. The maximum Gasteiger partial charge on any atom is 0.411 e. The lowest BCUT2D eigenvalue weighted by Crippen LogP contribution is -2.10. The van der Waals surface area contributed by atoms with Crippen LogP contribution in [0.1, 0.15) is 5.82 Å². The van der Waals surface area contributed by atoms with E-state index in [4.69, 9.17) is 4.74 Å². The van der Waals surface area contributed by atoms with Gasteiger partial charge in [0, 0.05) is 36.4 Å². The van der Waals surface area contributed by atoms with Crippen LogP contribution < -0.4 is 10.6 Å². The summed E-state index contributed by atoms with van der Waals surface area (Å²) in [5.41, 5.74) is 1.52. The number of nitrogens with one attached hydrogen (secondary N) is 2. The van der Waals surface area contributed by atoms with Gasteiger partial charge in [-0.25, -0.2) is 9.78 Å². The van der Waals surface area contributed by atoms with E-state index in [1.807, 2.05) is 12.1 Å². The number of methoxy groups -OCH3 is 2. The molecule has 0 aliphatic carbocycles. The maximum atomic E-state index is 11.1. The van der Waals surface area contributed by atoms with Crippen molar-refractivity contribution in [2.24, 2.45) is 0 Å². The average Bonchev–Trinajstić information content (AvgIpc) is 2.94. The maximum absolute atomic E-state index is 11.1. The van der Waals surface area contributed by atoms with E-state index in [0.29, 0.717) is 18.7 Å². The molecule has 0 fully saturated rings. The van der Waals surface area contributed by atoms with Crippen LogP contribution in [0.2, 0.25) is 0 Å². The number of anilines is 3. The van der Waals surface area contributed by atoms with Crippen molar-refractivity contribution in [3.8, 4) is 0 Å². The summed E-state index contributed by atoms with van der Waals surface area (Å²) in [4.78, 5) is 15.4. The zero-order valence-corrected chi connectivity index (χ0v) is 12.6. The van der Waals surface area contributed by atoms with Crippen molar-refractivity contribution in [2.45, 2.75) is 6.42 Å². The van der Waals surface area contributed by atoms with Gasteiger partial charge in [0.05, 0.1) is 13.7 Å². The normalized spacial score (nSPS) is 10.2. The summed E-state index contributed by atoms with van der Waals surface area (Å²) in [5.74, 6) is 0.758. The molecule has 112 valence electrons. The molecule has 1 aromatic heterocycles. The smallest absolute Gasteiger partial charge is 0.411 e. The summed E-state index contributed by atoms with van der Waals surface area (Å²) in [6.45, 7) is 0.601. The number of rotatable bonds is 6. The Morgan fingerprint density at radius 2 is 1.95 bits per heavy atom. The molecule has 1 amide bonds. The lowest BCUT2D eigenvalue weighted by molar-refractivity contribution is 0.187. The van der Waals surface area contributed by atoms with Gasteiger partial charge in [0.1, 0.15) is 5.82 Å². The van der Waals surface area contributed by atoms with Crippen molar-refractivity contribution in [2.75, 3.05) is 31.5 Å². The Bertz CT molecular complexity index is 585. The van der Waals surface area contributed by atoms with Crippen LogP contribution in [0.15, 0.2) is 24.3 Å². The van der Waals surface area contributed by atoms with E-state index in [0.717, 1.165) is 16.6 Å². The molecule has 0 spiro atoms. The Balaban J connectivity index is 1.93. The molecule has 8 heteroatoms. The lowest BCUT2D eigenvalue weighted by atomic mass is 10.3. The van der Waals surface area contributed by atoms with E-state index in [1.54, 1.807) is 19.2 Å². The van der Waals surface area contributed by atoms with Crippen molar-refractivity contribution >= 4 is 34.1 Å². The fraction of sp³-hybridized carbons (Fsp3) is 0.308. The fourth-order valence-electron chi connectivity index (χ4n) is 1.53. The number of hydrogen-bond acceptors (Lipinski definition) is 7. The monoisotopic (exact) mass is 308 g/mol. The van der Waals surface area contributed by atoms with Crippen LogP contribution in [0.3, 0.4) is 0 Å². The molecule has 0 saturated heterocycles. The van der Waals surface area contributed by atoms with Gasteiger partial charge in [-0.05, 0) is 24.3 Å². The Morgan fingerprint density at radius 3 is 2.62 bits per heavy atom. The van der Waals surface area contributed by atoms with Gasteiger partial charge in [-0.15, -0.1) is 0 Å². The minimum atomic E-state index is -0.498. The highest BCUT2D eigenvalue weighted by molar-refractivity contribution is 7.09.